The molecular formula is C27H37Cl2F3N4O4. The van der Waals surface area contributed by atoms with E-state index in [0.29, 0.717) is 19.1 Å². The Balaban J connectivity index is 2.40. The fraction of sp³-hybridized carbons (Fsp3) is 0.630. The number of hydrogen-bond donors (Lipinski definition) is 3. The SMILES string of the molecule is CCOC(=O)[C@]1(C)CC[C@@H](N/C(=C(\C=N)C(=O)N(CC(O)c2c(Cl)cncc2Cl)CC(C)(C)C)C(F)(F)F)CC1. The summed E-state index contributed by atoms with van der Waals surface area (Å²) in [5, 5.41) is 21.2. The van der Waals surface area contributed by atoms with Gasteiger partial charge in [-0.25, -0.2) is 0 Å². The number of carbonyl (C=O) groups is 2. The number of hydrogen-bond acceptors (Lipinski definition) is 7. The maximum absolute atomic E-state index is 14.3. The summed E-state index contributed by atoms with van der Waals surface area (Å²) in [6.07, 6.45) is -2.44. The van der Waals surface area contributed by atoms with Gasteiger partial charge in [0, 0.05) is 36.8 Å². The van der Waals surface area contributed by atoms with Crippen molar-refractivity contribution in [2.75, 3.05) is 19.7 Å². The summed E-state index contributed by atoms with van der Waals surface area (Å²) in [6, 6.07) is -0.682. The summed E-state index contributed by atoms with van der Waals surface area (Å²) in [5.41, 5.74) is -3.51. The van der Waals surface area contributed by atoms with Crippen molar-refractivity contribution in [1.29, 1.82) is 5.41 Å². The molecule has 224 valence electrons. The molecule has 13 heteroatoms. The highest BCUT2D eigenvalue weighted by Crippen LogP contribution is 2.39. The Morgan fingerprint density at radius 1 is 1.25 bits per heavy atom. The van der Waals surface area contributed by atoms with Crippen molar-refractivity contribution >= 4 is 41.3 Å². The van der Waals surface area contributed by atoms with Crippen LogP contribution in [0.2, 0.25) is 10.0 Å². The molecular weight excluding hydrogens is 572 g/mol. The summed E-state index contributed by atoms with van der Waals surface area (Å²) in [4.78, 5) is 30.8. The Morgan fingerprint density at radius 2 is 1.80 bits per heavy atom. The number of aliphatic hydroxyl groups excluding tert-OH is 1. The van der Waals surface area contributed by atoms with E-state index in [-0.39, 0.29) is 47.6 Å². The highest BCUT2D eigenvalue weighted by molar-refractivity contribution is 6.35. The Labute approximate surface area is 242 Å². The van der Waals surface area contributed by atoms with Crippen LogP contribution in [0.5, 0.6) is 0 Å². The van der Waals surface area contributed by atoms with Gasteiger partial charge in [-0.1, -0.05) is 44.0 Å². The number of ether oxygens (including phenoxy) is 1. The first-order valence-electron chi connectivity index (χ1n) is 13.0. The highest BCUT2D eigenvalue weighted by Gasteiger charge is 2.43. The molecule has 0 aromatic carbocycles. The number of halogens is 5. The van der Waals surface area contributed by atoms with E-state index < -0.39 is 52.9 Å². The molecule has 1 aromatic rings. The number of pyridine rings is 1. The zero-order valence-electron chi connectivity index (χ0n) is 23.3. The van der Waals surface area contributed by atoms with E-state index >= 15 is 0 Å². The molecule has 1 aliphatic carbocycles. The fourth-order valence-corrected chi connectivity index (χ4v) is 5.28. The summed E-state index contributed by atoms with van der Waals surface area (Å²) < 4.78 is 48.1. The number of rotatable bonds is 10. The standard InChI is InChI=1S/C27H37Cl2F3N4O4/c1-6-40-24(39)26(5)9-7-16(8-10-26)35-22(27(30,31)32)17(11-33)23(38)36(15-25(2,3)4)14-20(37)21-18(28)12-34-13-19(21)29/h11-13,16,20,33,35,37H,6-10,14-15H2,1-5H3/b22-17+,33-11?/t16-,20?,26-. The van der Waals surface area contributed by atoms with Crippen LogP contribution in [0.3, 0.4) is 0 Å². The van der Waals surface area contributed by atoms with Crippen molar-refractivity contribution in [3.63, 3.8) is 0 Å². The van der Waals surface area contributed by atoms with Crippen LogP contribution in [-0.2, 0) is 14.3 Å². The maximum atomic E-state index is 14.3. The molecule has 1 fully saturated rings. The molecule has 1 unspecified atom stereocenters. The fourth-order valence-electron chi connectivity index (χ4n) is 4.67. The molecule has 2 rings (SSSR count). The second-order valence-corrected chi connectivity index (χ2v) is 12.2. The van der Waals surface area contributed by atoms with Gasteiger partial charge in [-0.15, -0.1) is 0 Å². The number of allylic oxidation sites excluding steroid dienone is 1. The average Bonchev–Trinajstić information content (AvgIpc) is 2.83. The van der Waals surface area contributed by atoms with Gasteiger partial charge < -0.3 is 25.5 Å². The lowest BCUT2D eigenvalue weighted by molar-refractivity contribution is -0.156. The molecule has 1 saturated carbocycles. The molecule has 1 heterocycles. The van der Waals surface area contributed by atoms with E-state index in [9.17, 15) is 27.9 Å². The lowest BCUT2D eigenvalue weighted by Gasteiger charge is -2.37. The third-order valence-electron chi connectivity index (χ3n) is 6.70. The van der Waals surface area contributed by atoms with E-state index in [1.807, 2.05) is 0 Å². The smallest absolute Gasteiger partial charge is 0.431 e. The molecule has 3 N–H and O–H groups in total. The van der Waals surface area contributed by atoms with E-state index in [1.165, 1.54) is 12.4 Å². The van der Waals surface area contributed by atoms with Crippen LogP contribution in [0.25, 0.3) is 0 Å². The summed E-state index contributed by atoms with van der Waals surface area (Å²) in [7, 11) is 0. The van der Waals surface area contributed by atoms with Crippen LogP contribution in [0.15, 0.2) is 23.7 Å². The number of alkyl halides is 3. The Morgan fingerprint density at radius 3 is 2.25 bits per heavy atom. The Kier molecular flexibility index (Phi) is 11.4. The molecule has 8 nitrogen and oxygen atoms in total. The van der Waals surface area contributed by atoms with Gasteiger partial charge in [0.2, 0.25) is 0 Å². The van der Waals surface area contributed by atoms with Crippen molar-refractivity contribution in [2.45, 2.75) is 78.6 Å². The summed E-state index contributed by atoms with van der Waals surface area (Å²) in [5.74, 6) is -1.47. The van der Waals surface area contributed by atoms with Gasteiger partial charge in [0.05, 0.1) is 40.3 Å². The predicted octanol–water partition coefficient (Wildman–Crippen LogP) is 5.86. The van der Waals surface area contributed by atoms with E-state index in [0.717, 1.165) is 4.90 Å². The van der Waals surface area contributed by atoms with Gasteiger partial charge in [-0.2, -0.15) is 13.2 Å². The molecule has 0 aliphatic heterocycles. The van der Waals surface area contributed by atoms with Crippen molar-refractivity contribution < 1.29 is 32.6 Å². The molecule has 0 radical (unpaired) electrons. The lowest BCUT2D eigenvalue weighted by Crippen LogP contribution is -2.46. The number of aromatic nitrogens is 1. The van der Waals surface area contributed by atoms with Crippen LogP contribution in [0.4, 0.5) is 13.2 Å². The van der Waals surface area contributed by atoms with Crippen molar-refractivity contribution in [2.24, 2.45) is 10.8 Å². The van der Waals surface area contributed by atoms with E-state index in [4.69, 9.17) is 33.3 Å². The first-order valence-corrected chi connectivity index (χ1v) is 13.7. The van der Waals surface area contributed by atoms with E-state index in [1.54, 1.807) is 34.6 Å². The molecule has 0 spiro atoms. The van der Waals surface area contributed by atoms with Gasteiger partial charge in [-0.3, -0.25) is 14.6 Å². The Hall–Kier alpha value is -2.37. The van der Waals surface area contributed by atoms with Gasteiger partial charge in [0.1, 0.15) is 5.70 Å². The van der Waals surface area contributed by atoms with Crippen LogP contribution in [-0.4, -0.2) is 65.0 Å². The second-order valence-electron chi connectivity index (χ2n) is 11.4. The zero-order chi connectivity index (χ0) is 30.5. The molecule has 1 aliphatic rings. The molecule has 1 amide bonds. The first kappa shape index (κ1) is 33.8. The van der Waals surface area contributed by atoms with Crippen molar-refractivity contribution in [3.05, 3.63) is 39.3 Å². The molecule has 1 atom stereocenters. The summed E-state index contributed by atoms with van der Waals surface area (Å²) in [6.45, 7) is 8.51. The van der Waals surface area contributed by atoms with E-state index in [2.05, 4.69) is 10.3 Å². The molecule has 40 heavy (non-hydrogen) atoms. The minimum Gasteiger partial charge on any atom is -0.466 e. The number of nitrogens with one attached hydrogen (secondary N) is 2. The quantitative estimate of drug-likeness (QED) is 0.174. The highest BCUT2D eigenvalue weighted by atomic mass is 35.5. The number of esters is 1. The van der Waals surface area contributed by atoms with Crippen molar-refractivity contribution in [3.8, 4) is 0 Å². The van der Waals surface area contributed by atoms with Crippen LogP contribution in [0.1, 0.15) is 72.0 Å². The van der Waals surface area contributed by atoms with Crippen molar-refractivity contribution in [1.82, 2.24) is 15.2 Å². The maximum Gasteiger partial charge on any atom is 0.431 e. The van der Waals surface area contributed by atoms with Crippen LogP contribution < -0.4 is 5.32 Å². The third-order valence-corrected chi connectivity index (χ3v) is 7.31. The monoisotopic (exact) mass is 608 g/mol. The zero-order valence-corrected chi connectivity index (χ0v) is 24.8. The first-order chi connectivity index (χ1) is 18.4. The van der Waals surface area contributed by atoms with Crippen LogP contribution in [0, 0.1) is 16.2 Å². The van der Waals surface area contributed by atoms with Gasteiger partial charge in [0.15, 0.2) is 0 Å². The Bertz CT molecular complexity index is 1090. The van der Waals surface area contributed by atoms with Gasteiger partial charge in [0.25, 0.3) is 5.91 Å². The number of nitrogens with zero attached hydrogens (tertiary/aromatic N) is 2. The summed E-state index contributed by atoms with van der Waals surface area (Å²) >= 11 is 12.3. The topological polar surface area (TPSA) is 116 Å². The number of carbonyl (C=O) groups excluding carboxylic acids is 2. The minimum atomic E-state index is -4.98. The molecule has 1 aromatic heterocycles. The predicted molar refractivity (Wildman–Crippen MR) is 147 cm³/mol. The van der Waals surface area contributed by atoms with Gasteiger partial charge >= 0.3 is 12.1 Å². The average molecular weight is 610 g/mol. The minimum absolute atomic E-state index is 0.0347. The number of aliphatic hydroxyl groups is 1. The van der Waals surface area contributed by atoms with Crippen LogP contribution >= 0.6 is 23.2 Å². The normalized spacial score (nSPS) is 21.2. The van der Waals surface area contributed by atoms with Gasteiger partial charge in [-0.05, 0) is 44.9 Å². The molecule has 0 saturated heterocycles. The lowest BCUT2D eigenvalue weighted by atomic mass is 9.74. The second kappa shape index (κ2) is 13.5. The third kappa shape index (κ3) is 8.81. The molecule has 0 bridgehead atoms. The largest absolute Gasteiger partial charge is 0.466 e. The number of amides is 1.